The van der Waals surface area contributed by atoms with Crippen LogP contribution in [0.5, 0.6) is 0 Å². The predicted octanol–water partition coefficient (Wildman–Crippen LogP) is 3.79. The number of oxazole rings is 1. The van der Waals surface area contributed by atoms with E-state index in [1.54, 1.807) is 6.20 Å². The quantitative estimate of drug-likeness (QED) is 0.681. The number of amides is 1. The highest BCUT2D eigenvalue weighted by Gasteiger charge is 2.30. The van der Waals surface area contributed by atoms with E-state index in [0.717, 1.165) is 31.0 Å². The zero-order valence-electron chi connectivity index (χ0n) is 16.1. The summed E-state index contributed by atoms with van der Waals surface area (Å²) in [6.45, 7) is 2.49. The molecular formula is C23H25N3O2. The van der Waals surface area contributed by atoms with Gasteiger partial charge >= 0.3 is 0 Å². The maximum atomic E-state index is 13.0. The Morgan fingerprint density at radius 2 is 1.79 bits per heavy atom. The summed E-state index contributed by atoms with van der Waals surface area (Å²) in [4.78, 5) is 21.6. The molecule has 0 unspecified atom stereocenters. The van der Waals surface area contributed by atoms with Crippen LogP contribution < -0.4 is 0 Å². The third kappa shape index (κ3) is 4.15. The lowest BCUT2D eigenvalue weighted by atomic mass is 10.0. The Labute approximate surface area is 165 Å². The Balaban J connectivity index is 1.42. The van der Waals surface area contributed by atoms with Crippen molar-refractivity contribution in [1.82, 2.24) is 14.8 Å². The summed E-state index contributed by atoms with van der Waals surface area (Å²) in [7, 11) is 2.11. The summed E-state index contributed by atoms with van der Waals surface area (Å²) in [6, 6.07) is 20.3. The van der Waals surface area contributed by atoms with Gasteiger partial charge in [-0.3, -0.25) is 4.79 Å². The maximum absolute atomic E-state index is 13.0. The minimum Gasteiger partial charge on any atom is -0.441 e. The summed E-state index contributed by atoms with van der Waals surface area (Å²) in [5.41, 5.74) is 2.18. The minimum absolute atomic E-state index is 0.0943. The van der Waals surface area contributed by atoms with Gasteiger partial charge in [0.05, 0.1) is 12.2 Å². The summed E-state index contributed by atoms with van der Waals surface area (Å²) >= 11 is 0. The second-order valence-electron chi connectivity index (χ2n) is 7.26. The number of aryl methyl sites for hydroxylation is 1. The summed E-state index contributed by atoms with van der Waals surface area (Å²) < 4.78 is 5.85. The molecule has 1 aromatic heterocycles. The number of carbonyl (C=O) groups excluding carboxylic acids is 1. The first-order chi connectivity index (χ1) is 13.7. The van der Waals surface area contributed by atoms with Crippen molar-refractivity contribution in [2.45, 2.75) is 18.9 Å². The minimum atomic E-state index is 0.0943. The van der Waals surface area contributed by atoms with Crippen LogP contribution in [0.25, 0.3) is 11.3 Å². The molecular weight excluding hydrogens is 350 g/mol. The van der Waals surface area contributed by atoms with Gasteiger partial charge in [0.25, 0.3) is 0 Å². The molecule has 28 heavy (non-hydrogen) atoms. The van der Waals surface area contributed by atoms with Crippen molar-refractivity contribution in [2.24, 2.45) is 0 Å². The molecule has 0 aliphatic carbocycles. The number of hydrogen-bond donors (Lipinski definition) is 0. The van der Waals surface area contributed by atoms with Crippen molar-refractivity contribution in [3.63, 3.8) is 0 Å². The Hall–Kier alpha value is -2.92. The second-order valence-corrected chi connectivity index (χ2v) is 7.26. The van der Waals surface area contributed by atoms with Crippen LogP contribution in [-0.2, 0) is 11.2 Å². The van der Waals surface area contributed by atoms with E-state index in [1.165, 1.54) is 5.56 Å². The number of nitrogens with zero attached hydrogens (tertiary/aromatic N) is 3. The van der Waals surface area contributed by atoms with E-state index in [-0.39, 0.29) is 11.9 Å². The molecule has 4 rings (SSSR count). The highest BCUT2D eigenvalue weighted by molar-refractivity contribution is 5.77. The first kappa shape index (κ1) is 18.4. The topological polar surface area (TPSA) is 49.6 Å². The number of carbonyl (C=O) groups is 1. The molecule has 2 heterocycles. The first-order valence-electron chi connectivity index (χ1n) is 9.74. The average Bonchev–Trinajstić information content (AvgIpc) is 3.22. The lowest BCUT2D eigenvalue weighted by molar-refractivity contribution is -0.136. The maximum Gasteiger partial charge on any atom is 0.223 e. The van der Waals surface area contributed by atoms with Gasteiger partial charge in [0.2, 0.25) is 5.91 Å². The Morgan fingerprint density at radius 3 is 2.54 bits per heavy atom. The number of rotatable bonds is 5. The smallest absolute Gasteiger partial charge is 0.223 e. The zero-order valence-corrected chi connectivity index (χ0v) is 16.1. The third-order valence-corrected chi connectivity index (χ3v) is 5.25. The van der Waals surface area contributed by atoms with Gasteiger partial charge in [0.1, 0.15) is 0 Å². The Morgan fingerprint density at radius 1 is 1.07 bits per heavy atom. The van der Waals surface area contributed by atoms with Crippen LogP contribution in [0.15, 0.2) is 71.3 Å². The fraction of sp³-hybridized carbons (Fsp3) is 0.304. The molecule has 5 nitrogen and oxygen atoms in total. The molecule has 0 N–H and O–H groups in total. The van der Waals surface area contributed by atoms with Crippen molar-refractivity contribution in [1.29, 1.82) is 0 Å². The van der Waals surface area contributed by atoms with Gasteiger partial charge in [-0.15, -0.1) is 0 Å². The van der Waals surface area contributed by atoms with Gasteiger partial charge in [-0.05, 0) is 12.6 Å². The number of hydrogen-bond acceptors (Lipinski definition) is 4. The molecule has 1 saturated heterocycles. The lowest BCUT2D eigenvalue weighted by Crippen LogP contribution is -2.49. The van der Waals surface area contributed by atoms with E-state index in [1.807, 2.05) is 53.4 Å². The van der Waals surface area contributed by atoms with E-state index in [0.29, 0.717) is 18.7 Å². The van der Waals surface area contributed by atoms with Gasteiger partial charge in [-0.1, -0.05) is 60.7 Å². The van der Waals surface area contributed by atoms with Crippen molar-refractivity contribution >= 4 is 5.91 Å². The van der Waals surface area contributed by atoms with Crippen molar-refractivity contribution < 1.29 is 9.21 Å². The summed E-state index contributed by atoms with van der Waals surface area (Å²) in [5, 5.41) is 0. The van der Waals surface area contributed by atoms with E-state index in [2.05, 4.69) is 29.1 Å². The monoisotopic (exact) mass is 375 g/mol. The Bertz CT molecular complexity index is 908. The molecule has 3 aromatic rings. The van der Waals surface area contributed by atoms with E-state index in [9.17, 15) is 4.79 Å². The molecule has 1 aliphatic heterocycles. The highest BCUT2D eigenvalue weighted by atomic mass is 16.4. The molecule has 1 fully saturated rings. The standard InChI is InChI=1S/C23H25N3O2/c1-25-14-15-26(20(17-25)18-8-4-2-5-9-18)23(27)13-12-22-24-16-21(28-22)19-10-6-3-7-11-19/h2-11,16,20H,12-15,17H2,1H3/t20-/m0/s1. The van der Waals surface area contributed by atoms with Gasteiger partial charge in [0, 0.05) is 38.0 Å². The van der Waals surface area contributed by atoms with Gasteiger partial charge in [0.15, 0.2) is 11.7 Å². The van der Waals surface area contributed by atoms with Gasteiger partial charge < -0.3 is 14.2 Å². The number of aromatic nitrogens is 1. The third-order valence-electron chi connectivity index (χ3n) is 5.25. The molecule has 1 aliphatic rings. The lowest BCUT2D eigenvalue weighted by Gasteiger charge is -2.40. The fourth-order valence-corrected chi connectivity index (χ4v) is 3.70. The fourth-order valence-electron chi connectivity index (χ4n) is 3.70. The van der Waals surface area contributed by atoms with Crippen molar-refractivity contribution in [3.8, 4) is 11.3 Å². The van der Waals surface area contributed by atoms with E-state index < -0.39 is 0 Å². The van der Waals surface area contributed by atoms with Crippen LogP contribution in [0.4, 0.5) is 0 Å². The molecule has 144 valence electrons. The van der Waals surface area contributed by atoms with Gasteiger partial charge in [-0.25, -0.2) is 4.98 Å². The van der Waals surface area contributed by atoms with Crippen LogP contribution >= 0.6 is 0 Å². The van der Waals surface area contributed by atoms with Crippen LogP contribution in [-0.4, -0.2) is 47.4 Å². The highest BCUT2D eigenvalue weighted by Crippen LogP contribution is 2.26. The first-order valence-corrected chi connectivity index (χ1v) is 9.74. The van der Waals surface area contributed by atoms with Crippen LogP contribution in [0, 0.1) is 0 Å². The summed E-state index contributed by atoms with van der Waals surface area (Å²) in [5.74, 6) is 1.50. The molecule has 5 heteroatoms. The molecule has 0 saturated carbocycles. The van der Waals surface area contributed by atoms with Crippen molar-refractivity contribution in [3.05, 3.63) is 78.3 Å². The van der Waals surface area contributed by atoms with Crippen LogP contribution in [0.1, 0.15) is 23.9 Å². The normalized spacial score (nSPS) is 17.6. The molecule has 1 amide bonds. The van der Waals surface area contributed by atoms with E-state index in [4.69, 9.17) is 4.42 Å². The largest absolute Gasteiger partial charge is 0.441 e. The van der Waals surface area contributed by atoms with Crippen molar-refractivity contribution in [2.75, 3.05) is 26.7 Å². The second kappa shape index (κ2) is 8.40. The SMILES string of the molecule is CN1CCN(C(=O)CCc2ncc(-c3ccccc3)o2)[C@H](c2ccccc2)C1. The van der Waals surface area contributed by atoms with Gasteiger partial charge in [-0.2, -0.15) is 0 Å². The van der Waals surface area contributed by atoms with Crippen LogP contribution in [0.2, 0.25) is 0 Å². The number of likely N-dealkylation sites (N-methyl/N-ethyl adjacent to an activating group) is 1. The molecule has 0 bridgehead atoms. The number of benzene rings is 2. The molecule has 0 radical (unpaired) electrons. The molecule has 2 aromatic carbocycles. The predicted molar refractivity (Wildman–Crippen MR) is 109 cm³/mol. The molecule has 0 spiro atoms. The summed E-state index contributed by atoms with van der Waals surface area (Å²) in [6.07, 6.45) is 2.65. The average molecular weight is 375 g/mol. The van der Waals surface area contributed by atoms with E-state index >= 15 is 0 Å². The van der Waals surface area contributed by atoms with Crippen LogP contribution in [0.3, 0.4) is 0 Å². The zero-order chi connectivity index (χ0) is 19.3. The number of piperazine rings is 1. The Kier molecular flexibility index (Phi) is 5.53. The molecule has 1 atom stereocenters.